The molecule has 10 nitrogen and oxygen atoms in total. The number of rotatable bonds is 9. The first-order valence-corrected chi connectivity index (χ1v) is 11.8. The van der Waals surface area contributed by atoms with Crippen LogP contribution in [0, 0.1) is 0 Å². The summed E-state index contributed by atoms with van der Waals surface area (Å²) in [5.41, 5.74) is 0.761. The van der Waals surface area contributed by atoms with E-state index in [4.69, 9.17) is 4.74 Å². The van der Waals surface area contributed by atoms with Crippen molar-refractivity contribution in [3.05, 3.63) is 66.2 Å². The molecule has 176 valence electrons. The monoisotopic (exact) mass is 475 g/mol. The number of amides is 2. The minimum atomic E-state index is -3.91. The van der Waals surface area contributed by atoms with E-state index in [-0.39, 0.29) is 24.5 Å². The van der Waals surface area contributed by atoms with Crippen LogP contribution in [0.4, 0.5) is 4.79 Å². The van der Waals surface area contributed by atoms with E-state index in [2.05, 4.69) is 10.6 Å². The van der Waals surface area contributed by atoms with Gasteiger partial charge in [0.25, 0.3) is 0 Å². The van der Waals surface area contributed by atoms with Gasteiger partial charge in [-0.05, 0) is 30.5 Å². The molecule has 0 bridgehead atoms. The number of benzene rings is 2. The number of carboxylic acids is 1. The molecule has 1 fully saturated rings. The van der Waals surface area contributed by atoms with Gasteiger partial charge in [-0.15, -0.1) is 0 Å². The molecule has 2 aromatic carbocycles. The third-order valence-corrected chi connectivity index (χ3v) is 7.06. The Balaban J connectivity index is 1.58. The van der Waals surface area contributed by atoms with Crippen LogP contribution in [0.5, 0.6) is 0 Å². The number of aliphatic carboxylic acids is 1. The summed E-state index contributed by atoms with van der Waals surface area (Å²) in [5, 5.41) is 14.1. The van der Waals surface area contributed by atoms with Crippen molar-refractivity contribution < 1.29 is 32.6 Å². The summed E-state index contributed by atoms with van der Waals surface area (Å²) in [5.74, 6) is -2.11. The summed E-state index contributed by atoms with van der Waals surface area (Å²) >= 11 is 0. The summed E-state index contributed by atoms with van der Waals surface area (Å²) in [6, 6.07) is 14.2. The Labute approximate surface area is 191 Å². The Morgan fingerprint density at radius 1 is 1.06 bits per heavy atom. The largest absolute Gasteiger partial charge is 0.480 e. The third kappa shape index (κ3) is 6.30. The van der Waals surface area contributed by atoms with Gasteiger partial charge in [0, 0.05) is 6.54 Å². The molecule has 2 atom stereocenters. The molecule has 0 radical (unpaired) electrons. The van der Waals surface area contributed by atoms with Crippen molar-refractivity contribution in [2.75, 3.05) is 13.1 Å². The summed E-state index contributed by atoms with van der Waals surface area (Å²) in [6.45, 7) is -0.269. The molecule has 0 saturated carbocycles. The number of carbonyl (C=O) groups excluding carboxylic acids is 2. The molecule has 1 heterocycles. The first kappa shape index (κ1) is 24.2. The quantitative estimate of drug-likeness (QED) is 0.497. The first-order chi connectivity index (χ1) is 15.8. The van der Waals surface area contributed by atoms with Gasteiger partial charge in [-0.3, -0.25) is 4.79 Å². The van der Waals surface area contributed by atoms with Crippen molar-refractivity contribution >= 4 is 28.0 Å². The van der Waals surface area contributed by atoms with Crippen molar-refractivity contribution in [2.45, 2.75) is 36.4 Å². The number of hydrogen-bond acceptors (Lipinski definition) is 6. The standard InChI is InChI=1S/C22H25N3O7S/c26-20(19-12-7-13-25(19)33(30,31)17-10-5-2-6-11-17)24-18(21(27)28)14-23-22(29)32-15-16-8-3-1-4-9-16/h1-6,8-11,18-19H,7,12-15H2,(H,23,29)(H,24,26)(H,27,28)/t18-,19?/m0/s1. The van der Waals surface area contributed by atoms with Crippen LogP contribution < -0.4 is 10.6 Å². The smallest absolute Gasteiger partial charge is 0.407 e. The normalized spacial score (nSPS) is 17.2. The Morgan fingerprint density at radius 2 is 1.70 bits per heavy atom. The molecule has 33 heavy (non-hydrogen) atoms. The molecule has 1 saturated heterocycles. The predicted molar refractivity (Wildman–Crippen MR) is 118 cm³/mol. The fourth-order valence-electron chi connectivity index (χ4n) is 3.45. The van der Waals surface area contributed by atoms with Gasteiger partial charge in [0.1, 0.15) is 18.7 Å². The van der Waals surface area contributed by atoms with Gasteiger partial charge in [0.05, 0.1) is 11.4 Å². The van der Waals surface area contributed by atoms with Crippen molar-refractivity contribution in [1.29, 1.82) is 0 Å². The van der Waals surface area contributed by atoms with Crippen molar-refractivity contribution in [3.8, 4) is 0 Å². The first-order valence-electron chi connectivity index (χ1n) is 10.3. The van der Waals surface area contributed by atoms with Gasteiger partial charge in [0.2, 0.25) is 15.9 Å². The number of nitrogens with zero attached hydrogens (tertiary/aromatic N) is 1. The van der Waals surface area contributed by atoms with Crippen LogP contribution in [0.25, 0.3) is 0 Å². The SMILES string of the molecule is O=C(NC[C@H](NC(=O)C1CCCN1S(=O)(=O)c1ccccc1)C(=O)O)OCc1ccccc1. The van der Waals surface area contributed by atoms with E-state index in [1.807, 2.05) is 6.07 Å². The van der Waals surface area contributed by atoms with Crippen LogP contribution in [-0.4, -0.2) is 61.0 Å². The van der Waals surface area contributed by atoms with Gasteiger partial charge >= 0.3 is 12.1 Å². The van der Waals surface area contributed by atoms with Crippen LogP contribution in [0.2, 0.25) is 0 Å². The summed E-state index contributed by atoms with van der Waals surface area (Å²) in [6.07, 6.45) is -0.114. The highest BCUT2D eigenvalue weighted by Gasteiger charge is 2.40. The average Bonchev–Trinajstić information content (AvgIpc) is 3.32. The van der Waals surface area contributed by atoms with Crippen LogP contribution in [0.15, 0.2) is 65.6 Å². The third-order valence-electron chi connectivity index (χ3n) is 5.13. The second kappa shape index (κ2) is 10.9. The maximum absolute atomic E-state index is 12.9. The van der Waals surface area contributed by atoms with Crippen molar-refractivity contribution in [2.24, 2.45) is 0 Å². The highest BCUT2D eigenvalue weighted by molar-refractivity contribution is 7.89. The zero-order chi connectivity index (χ0) is 23.8. The Kier molecular flexibility index (Phi) is 8.01. The lowest BCUT2D eigenvalue weighted by Gasteiger charge is -2.25. The zero-order valence-electron chi connectivity index (χ0n) is 17.7. The minimum absolute atomic E-state index is 0.00511. The predicted octanol–water partition coefficient (Wildman–Crippen LogP) is 1.34. The van der Waals surface area contributed by atoms with Gasteiger partial charge in [0.15, 0.2) is 0 Å². The molecule has 11 heteroatoms. The van der Waals surface area contributed by atoms with E-state index in [9.17, 15) is 27.9 Å². The van der Waals surface area contributed by atoms with E-state index in [1.54, 1.807) is 42.5 Å². The number of nitrogens with one attached hydrogen (secondary N) is 2. The summed E-state index contributed by atoms with van der Waals surface area (Å²) in [7, 11) is -3.91. The van der Waals surface area contributed by atoms with Crippen molar-refractivity contribution in [3.63, 3.8) is 0 Å². The summed E-state index contributed by atoms with van der Waals surface area (Å²) in [4.78, 5) is 36.3. The highest BCUT2D eigenvalue weighted by atomic mass is 32.2. The number of ether oxygens (including phenoxy) is 1. The molecule has 0 aliphatic carbocycles. The Hall–Kier alpha value is -3.44. The topological polar surface area (TPSA) is 142 Å². The van der Waals surface area contributed by atoms with Gasteiger partial charge in [-0.1, -0.05) is 48.5 Å². The lowest BCUT2D eigenvalue weighted by Crippen LogP contribution is -2.54. The minimum Gasteiger partial charge on any atom is -0.480 e. The molecule has 3 rings (SSSR count). The van der Waals surface area contributed by atoms with E-state index >= 15 is 0 Å². The molecule has 3 N–H and O–H groups in total. The van der Waals surface area contributed by atoms with Gasteiger partial charge in [-0.2, -0.15) is 4.31 Å². The van der Waals surface area contributed by atoms with Crippen LogP contribution in [0.1, 0.15) is 18.4 Å². The molecular weight excluding hydrogens is 450 g/mol. The average molecular weight is 476 g/mol. The lowest BCUT2D eigenvalue weighted by atomic mass is 10.2. The van der Waals surface area contributed by atoms with E-state index in [0.717, 1.165) is 9.87 Å². The number of hydrogen-bond donors (Lipinski definition) is 3. The van der Waals surface area contributed by atoms with Gasteiger partial charge in [-0.25, -0.2) is 18.0 Å². The maximum Gasteiger partial charge on any atom is 0.407 e. The van der Waals surface area contributed by atoms with Crippen LogP contribution in [0.3, 0.4) is 0 Å². The molecular formula is C22H25N3O7S. The second-order valence-electron chi connectivity index (χ2n) is 7.43. The molecule has 2 aromatic rings. The van der Waals surface area contributed by atoms with Gasteiger partial charge < -0.3 is 20.5 Å². The van der Waals surface area contributed by atoms with E-state index < -0.39 is 46.6 Å². The van der Waals surface area contributed by atoms with E-state index in [0.29, 0.717) is 6.42 Å². The molecule has 2 amide bonds. The van der Waals surface area contributed by atoms with Crippen LogP contribution in [-0.2, 0) is 31.0 Å². The van der Waals surface area contributed by atoms with E-state index in [1.165, 1.54) is 12.1 Å². The molecule has 0 aromatic heterocycles. The van der Waals surface area contributed by atoms with Crippen molar-refractivity contribution in [1.82, 2.24) is 14.9 Å². The Morgan fingerprint density at radius 3 is 2.33 bits per heavy atom. The number of alkyl carbamates (subject to hydrolysis) is 1. The molecule has 1 aliphatic rings. The molecule has 0 spiro atoms. The fourth-order valence-corrected chi connectivity index (χ4v) is 5.12. The molecule has 1 unspecified atom stereocenters. The fraction of sp³-hybridized carbons (Fsp3) is 0.318. The highest BCUT2D eigenvalue weighted by Crippen LogP contribution is 2.26. The Bertz CT molecular complexity index is 1080. The number of carboxylic acid groups (broad SMARTS) is 1. The summed E-state index contributed by atoms with van der Waals surface area (Å²) < 4.78 is 32.0. The number of sulfonamides is 1. The maximum atomic E-state index is 12.9. The van der Waals surface area contributed by atoms with Crippen LogP contribution >= 0.6 is 0 Å². The molecule has 1 aliphatic heterocycles. The number of carbonyl (C=O) groups is 3. The second-order valence-corrected chi connectivity index (χ2v) is 9.32. The zero-order valence-corrected chi connectivity index (χ0v) is 18.5. The lowest BCUT2D eigenvalue weighted by molar-refractivity contribution is -0.142.